The Morgan fingerprint density at radius 1 is 1.07 bits per heavy atom. The first-order valence-corrected chi connectivity index (χ1v) is 9.95. The van der Waals surface area contributed by atoms with E-state index >= 15 is 0 Å². The molecule has 4 nitrogen and oxygen atoms in total. The summed E-state index contributed by atoms with van der Waals surface area (Å²) >= 11 is 0. The van der Waals surface area contributed by atoms with Gasteiger partial charge in [0.1, 0.15) is 11.6 Å². The van der Waals surface area contributed by atoms with Crippen molar-refractivity contribution in [2.75, 3.05) is 26.2 Å². The second-order valence-electron chi connectivity index (χ2n) is 7.40. The van der Waals surface area contributed by atoms with Gasteiger partial charge in [-0.3, -0.25) is 5.10 Å². The zero-order valence-electron chi connectivity index (χ0n) is 16.0. The van der Waals surface area contributed by atoms with Gasteiger partial charge in [-0.15, -0.1) is 0 Å². The molecular formula is C23H26FN3O. The summed E-state index contributed by atoms with van der Waals surface area (Å²) in [6, 6.07) is 19.1. The number of hydrogen-bond donors (Lipinski definition) is 1. The molecule has 0 saturated carbocycles. The number of nitrogens with one attached hydrogen (secondary N) is 1. The van der Waals surface area contributed by atoms with Crippen LogP contribution >= 0.6 is 0 Å². The van der Waals surface area contributed by atoms with Crippen LogP contribution in [0.3, 0.4) is 0 Å². The second-order valence-corrected chi connectivity index (χ2v) is 7.40. The highest BCUT2D eigenvalue weighted by Crippen LogP contribution is 2.26. The fraction of sp³-hybridized carbons (Fsp3) is 0.348. The maximum Gasteiger partial charge on any atom is 0.126 e. The van der Waals surface area contributed by atoms with Crippen LogP contribution in [-0.4, -0.2) is 41.3 Å². The number of likely N-dealkylation sites (tertiary alicyclic amines) is 1. The summed E-state index contributed by atoms with van der Waals surface area (Å²) < 4.78 is 18.8. The average Bonchev–Trinajstić information content (AvgIpc) is 3.37. The SMILES string of the molecule is Fc1cccc(OCCc2cc([C@@H]3CCN(CCc4ccccc4)C3)n[nH]2)c1. The Labute approximate surface area is 165 Å². The Morgan fingerprint density at radius 2 is 1.96 bits per heavy atom. The van der Waals surface area contributed by atoms with Crippen molar-refractivity contribution in [1.82, 2.24) is 15.1 Å². The number of aromatic nitrogens is 2. The highest BCUT2D eigenvalue weighted by atomic mass is 19.1. The molecule has 1 N–H and O–H groups in total. The third-order valence-corrected chi connectivity index (χ3v) is 5.34. The number of benzene rings is 2. The minimum Gasteiger partial charge on any atom is -0.493 e. The van der Waals surface area contributed by atoms with Crippen LogP contribution in [0.15, 0.2) is 60.7 Å². The molecule has 146 valence electrons. The van der Waals surface area contributed by atoms with Crippen LogP contribution in [0.2, 0.25) is 0 Å². The van der Waals surface area contributed by atoms with E-state index in [2.05, 4.69) is 51.5 Å². The Morgan fingerprint density at radius 3 is 2.82 bits per heavy atom. The largest absolute Gasteiger partial charge is 0.493 e. The molecule has 3 aromatic rings. The van der Waals surface area contributed by atoms with Gasteiger partial charge in [0.05, 0.1) is 12.3 Å². The summed E-state index contributed by atoms with van der Waals surface area (Å²) in [7, 11) is 0. The first-order chi connectivity index (χ1) is 13.8. The standard InChI is InChI=1S/C23H26FN3O/c24-20-7-4-8-22(15-20)28-14-11-21-16-23(26-25-21)19-10-13-27(17-19)12-9-18-5-2-1-3-6-18/h1-8,15-16,19H,9-14,17H2,(H,25,26)/t19-/m1/s1. The number of H-pyrrole nitrogens is 1. The fourth-order valence-electron chi connectivity index (χ4n) is 3.76. The van der Waals surface area contributed by atoms with Crippen molar-refractivity contribution in [1.29, 1.82) is 0 Å². The molecule has 28 heavy (non-hydrogen) atoms. The van der Waals surface area contributed by atoms with Crippen molar-refractivity contribution >= 4 is 0 Å². The molecule has 0 bridgehead atoms. The van der Waals surface area contributed by atoms with Gasteiger partial charge in [0.15, 0.2) is 0 Å². The van der Waals surface area contributed by atoms with Gasteiger partial charge in [-0.2, -0.15) is 5.10 Å². The second kappa shape index (κ2) is 9.02. The van der Waals surface area contributed by atoms with E-state index in [-0.39, 0.29) is 5.82 Å². The van der Waals surface area contributed by atoms with E-state index in [9.17, 15) is 4.39 Å². The van der Waals surface area contributed by atoms with Gasteiger partial charge in [0.2, 0.25) is 0 Å². The van der Waals surface area contributed by atoms with Crippen molar-refractivity contribution in [2.45, 2.75) is 25.2 Å². The lowest BCUT2D eigenvalue weighted by molar-refractivity contribution is 0.319. The lowest BCUT2D eigenvalue weighted by Gasteiger charge is -2.15. The Bertz CT molecular complexity index is 880. The summed E-state index contributed by atoms with van der Waals surface area (Å²) in [6.45, 7) is 3.79. The maximum absolute atomic E-state index is 13.2. The minimum atomic E-state index is -0.278. The predicted molar refractivity (Wildman–Crippen MR) is 108 cm³/mol. The molecule has 0 spiro atoms. The third-order valence-electron chi connectivity index (χ3n) is 5.34. The highest BCUT2D eigenvalue weighted by Gasteiger charge is 2.25. The first-order valence-electron chi connectivity index (χ1n) is 9.95. The number of aromatic amines is 1. The molecule has 2 heterocycles. The highest BCUT2D eigenvalue weighted by molar-refractivity contribution is 5.22. The van der Waals surface area contributed by atoms with Gasteiger partial charge in [-0.1, -0.05) is 36.4 Å². The van der Waals surface area contributed by atoms with Crippen molar-refractivity contribution in [3.05, 3.63) is 83.4 Å². The smallest absolute Gasteiger partial charge is 0.126 e. The number of halogens is 1. The van der Waals surface area contributed by atoms with Gasteiger partial charge in [-0.05, 0) is 43.1 Å². The van der Waals surface area contributed by atoms with Crippen LogP contribution in [0.5, 0.6) is 5.75 Å². The van der Waals surface area contributed by atoms with E-state index in [0.29, 0.717) is 18.3 Å². The van der Waals surface area contributed by atoms with E-state index in [4.69, 9.17) is 4.74 Å². The predicted octanol–water partition coefficient (Wildman–Crippen LogP) is 4.20. The summed E-state index contributed by atoms with van der Waals surface area (Å²) in [6.07, 6.45) is 2.98. The number of hydrogen-bond acceptors (Lipinski definition) is 3. The minimum absolute atomic E-state index is 0.278. The molecule has 1 atom stereocenters. The van der Waals surface area contributed by atoms with Crippen LogP contribution in [0.4, 0.5) is 4.39 Å². The van der Waals surface area contributed by atoms with E-state index in [0.717, 1.165) is 50.3 Å². The van der Waals surface area contributed by atoms with E-state index in [1.165, 1.54) is 17.7 Å². The molecule has 1 aliphatic rings. The van der Waals surface area contributed by atoms with Crippen molar-refractivity contribution < 1.29 is 9.13 Å². The monoisotopic (exact) mass is 379 g/mol. The van der Waals surface area contributed by atoms with Crippen LogP contribution in [0.1, 0.15) is 29.3 Å². The van der Waals surface area contributed by atoms with Crippen molar-refractivity contribution in [2.24, 2.45) is 0 Å². The lowest BCUT2D eigenvalue weighted by atomic mass is 10.0. The quantitative estimate of drug-likeness (QED) is 0.638. The van der Waals surface area contributed by atoms with Gasteiger partial charge >= 0.3 is 0 Å². The van der Waals surface area contributed by atoms with Crippen LogP contribution < -0.4 is 4.74 Å². The molecule has 5 heteroatoms. The molecule has 0 aliphatic carbocycles. The average molecular weight is 379 g/mol. The first kappa shape index (κ1) is 18.7. The molecule has 1 fully saturated rings. The summed E-state index contributed by atoms with van der Waals surface area (Å²) in [5, 5.41) is 7.65. The van der Waals surface area contributed by atoms with Gasteiger partial charge in [-0.25, -0.2) is 4.39 Å². The summed E-state index contributed by atoms with van der Waals surface area (Å²) in [4.78, 5) is 2.53. The van der Waals surface area contributed by atoms with Crippen molar-refractivity contribution in [3.8, 4) is 5.75 Å². The van der Waals surface area contributed by atoms with E-state index in [1.54, 1.807) is 12.1 Å². The lowest BCUT2D eigenvalue weighted by Crippen LogP contribution is -2.23. The topological polar surface area (TPSA) is 41.1 Å². The van der Waals surface area contributed by atoms with Gasteiger partial charge in [0, 0.05) is 37.2 Å². The zero-order valence-corrected chi connectivity index (χ0v) is 16.0. The number of ether oxygens (including phenoxy) is 1. The maximum atomic E-state index is 13.2. The molecule has 1 saturated heterocycles. The number of rotatable bonds is 8. The molecule has 0 unspecified atom stereocenters. The zero-order chi connectivity index (χ0) is 19.2. The normalized spacial score (nSPS) is 17.1. The molecule has 0 radical (unpaired) electrons. The summed E-state index contributed by atoms with van der Waals surface area (Å²) in [5.41, 5.74) is 3.60. The van der Waals surface area contributed by atoms with E-state index < -0.39 is 0 Å². The van der Waals surface area contributed by atoms with Gasteiger partial charge in [0.25, 0.3) is 0 Å². The van der Waals surface area contributed by atoms with Crippen LogP contribution in [0.25, 0.3) is 0 Å². The van der Waals surface area contributed by atoms with Gasteiger partial charge < -0.3 is 9.64 Å². The molecule has 0 amide bonds. The third kappa shape index (κ3) is 4.98. The van der Waals surface area contributed by atoms with Crippen LogP contribution in [-0.2, 0) is 12.8 Å². The van der Waals surface area contributed by atoms with E-state index in [1.807, 2.05) is 0 Å². The molecule has 1 aromatic heterocycles. The molecule has 1 aliphatic heterocycles. The Hall–Kier alpha value is -2.66. The van der Waals surface area contributed by atoms with Crippen molar-refractivity contribution in [3.63, 3.8) is 0 Å². The van der Waals surface area contributed by atoms with Crippen LogP contribution in [0, 0.1) is 5.82 Å². The number of nitrogens with zero attached hydrogens (tertiary/aromatic N) is 2. The Balaban J connectivity index is 1.23. The molecule has 2 aromatic carbocycles. The molecular weight excluding hydrogens is 353 g/mol. The Kier molecular flexibility index (Phi) is 6.02. The molecule has 4 rings (SSSR count). The summed E-state index contributed by atoms with van der Waals surface area (Å²) in [5.74, 6) is 0.772. The fourth-order valence-corrected chi connectivity index (χ4v) is 3.76.